The van der Waals surface area contributed by atoms with Crippen molar-refractivity contribution in [3.8, 4) is 0 Å². The molecule has 0 saturated heterocycles. The second-order valence-corrected chi connectivity index (χ2v) is 19.9. The van der Waals surface area contributed by atoms with Gasteiger partial charge in [0.15, 0.2) is 0 Å². The predicted molar refractivity (Wildman–Crippen MR) is 247 cm³/mol. The molecular formula is C49H98Cl2N4O4. The summed E-state index contributed by atoms with van der Waals surface area (Å²) in [6, 6.07) is 0. The Balaban J connectivity index is -0.000000280. The quantitative estimate of drug-likeness (QED) is 0.0581. The molecule has 0 fully saturated rings. The van der Waals surface area contributed by atoms with Gasteiger partial charge in [-0.15, -0.1) is 0 Å². The Labute approximate surface area is 379 Å². The Morgan fingerprint density at radius 2 is 0.949 bits per heavy atom. The zero-order valence-corrected chi connectivity index (χ0v) is 42.7. The summed E-state index contributed by atoms with van der Waals surface area (Å²) in [5.41, 5.74) is 0. The van der Waals surface area contributed by atoms with Crippen LogP contribution >= 0.6 is 0 Å². The largest absolute Gasteiger partial charge is 1.00 e. The summed E-state index contributed by atoms with van der Waals surface area (Å²) in [5.74, 6) is 2.82. The average Bonchev–Trinajstić information content (AvgIpc) is 3.09. The van der Waals surface area contributed by atoms with E-state index in [9.17, 15) is 19.2 Å². The monoisotopic (exact) mass is 877 g/mol. The molecule has 352 valence electrons. The summed E-state index contributed by atoms with van der Waals surface area (Å²) >= 11 is 0. The number of ketones is 2. The molecule has 0 spiro atoms. The van der Waals surface area contributed by atoms with Gasteiger partial charge in [-0.05, 0) is 49.5 Å². The second-order valence-electron chi connectivity index (χ2n) is 19.9. The third-order valence-electron chi connectivity index (χ3n) is 9.79. The topological polar surface area (TPSA) is 92.3 Å². The maximum atomic E-state index is 12.2. The molecule has 0 aromatic rings. The summed E-state index contributed by atoms with van der Waals surface area (Å²) < 4.78 is 1.87. The molecule has 0 aliphatic heterocycles. The van der Waals surface area contributed by atoms with Crippen LogP contribution in [0.2, 0.25) is 0 Å². The summed E-state index contributed by atoms with van der Waals surface area (Å²) in [4.78, 5) is 47.3. The fourth-order valence-electron chi connectivity index (χ4n) is 5.82. The molecule has 8 nitrogen and oxygen atoms in total. The Morgan fingerprint density at radius 3 is 1.34 bits per heavy atom. The number of allylic oxidation sites excluding steroid dienone is 1. The normalized spacial score (nSPS) is 11.9. The molecule has 10 heteroatoms. The van der Waals surface area contributed by atoms with Crippen molar-refractivity contribution >= 4 is 23.4 Å². The molecule has 0 saturated carbocycles. The van der Waals surface area contributed by atoms with Crippen LogP contribution in [0, 0.1) is 29.6 Å². The van der Waals surface area contributed by atoms with Gasteiger partial charge in [0.1, 0.15) is 11.6 Å². The number of rotatable bonds is 32. The third kappa shape index (κ3) is 56.3. The van der Waals surface area contributed by atoms with Crippen LogP contribution in [0.1, 0.15) is 171 Å². The number of hydrogen-bond acceptors (Lipinski definition) is 4. The van der Waals surface area contributed by atoms with Gasteiger partial charge in [0.05, 0.1) is 55.4 Å². The number of quaternary nitrogens is 2. The van der Waals surface area contributed by atoms with Gasteiger partial charge in [0.25, 0.3) is 0 Å². The lowest BCUT2D eigenvalue weighted by molar-refractivity contribution is -0.870. The highest BCUT2D eigenvalue weighted by Crippen LogP contribution is 2.20. The molecule has 2 amide bonds. The zero-order chi connectivity index (χ0) is 44.3. The molecule has 0 radical (unpaired) electrons. The minimum atomic E-state index is 0. The third-order valence-corrected chi connectivity index (χ3v) is 9.79. The first-order chi connectivity index (χ1) is 26.5. The second kappa shape index (κ2) is 41.6. The number of halogens is 2. The van der Waals surface area contributed by atoms with Crippen molar-refractivity contribution < 1.29 is 53.0 Å². The van der Waals surface area contributed by atoms with E-state index < -0.39 is 0 Å². The van der Waals surface area contributed by atoms with Gasteiger partial charge in [0, 0.05) is 50.6 Å². The number of likely N-dealkylation sites (N-methyl/N-ethyl adjacent to an activating group) is 1. The highest BCUT2D eigenvalue weighted by molar-refractivity contribution is 5.82. The zero-order valence-electron chi connectivity index (χ0n) is 41.2. The lowest BCUT2D eigenvalue weighted by atomic mass is 9.90. The lowest BCUT2D eigenvalue weighted by Crippen LogP contribution is -3.00. The van der Waals surface area contributed by atoms with E-state index in [0.717, 1.165) is 72.7 Å². The van der Waals surface area contributed by atoms with E-state index in [1.807, 2.05) is 33.8 Å². The molecule has 2 N–H and O–H groups in total. The van der Waals surface area contributed by atoms with Crippen molar-refractivity contribution in [3.05, 3.63) is 24.8 Å². The molecule has 59 heavy (non-hydrogen) atoms. The van der Waals surface area contributed by atoms with E-state index in [4.69, 9.17) is 0 Å². The van der Waals surface area contributed by atoms with Crippen LogP contribution in [0.15, 0.2) is 24.8 Å². The Bertz CT molecular complexity index is 1060. The van der Waals surface area contributed by atoms with Crippen LogP contribution in [-0.2, 0) is 19.2 Å². The highest BCUT2D eigenvalue weighted by Gasteiger charge is 2.20. The van der Waals surface area contributed by atoms with Crippen molar-refractivity contribution in [2.75, 3.05) is 68.5 Å². The number of Topliss-reactive ketones (excluding diaryl/α,β-unsaturated/α-hetero) is 2. The van der Waals surface area contributed by atoms with Crippen LogP contribution in [0.3, 0.4) is 0 Å². The Morgan fingerprint density at radius 1 is 0.525 bits per heavy atom. The minimum Gasteiger partial charge on any atom is -1.00 e. The van der Waals surface area contributed by atoms with Gasteiger partial charge in [0.2, 0.25) is 11.8 Å². The fourth-order valence-corrected chi connectivity index (χ4v) is 5.82. The molecule has 1 atom stereocenters. The van der Waals surface area contributed by atoms with Crippen molar-refractivity contribution in [2.45, 2.75) is 171 Å². The SMILES string of the molecule is C=CC[N+](C)(C)C.CC(C)CCCCCCCNC(=O)C/C=C/CC(=O)C(C)C.CC(C)CCCCCCCNC(=O)CCC(CC[N+](C)(C)C)CC(=O)C(C)C.[Cl-].[Cl-]. The van der Waals surface area contributed by atoms with Crippen molar-refractivity contribution in [3.63, 3.8) is 0 Å². The van der Waals surface area contributed by atoms with Crippen molar-refractivity contribution in [1.82, 2.24) is 10.6 Å². The maximum Gasteiger partial charge on any atom is 0.223 e. The minimum absolute atomic E-state index is 0. The van der Waals surface area contributed by atoms with Gasteiger partial charge in [-0.25, -0.2) is 0 Å². The average molecular weight is 878 g/mol. The van der Waals surface area contributed by atoms with Gasteiger partial charge >= 0.3 is 0 Å². The smallest absolute Gasteiger partial charge is 0.223 e. The van der Waals surface area contributed by atoms with Gasteiger partial charge in [-0.3, -0.25) is 19.2 Å². The van der Waals surface area contributed by atoms with E-state index in [-0.39, 0.29) is 54.2 Å². The van der Waals surface area contributed by atoms with E-state index in [2.05, 4.69) is 87.2 Å². The number of unbranched alkanes of at least 4 members (excludes halogenated alkanes) is 8. The molecule has 0 heterocycles. The van der Waals surface area contributed by atoms with Crippen LogP contribution in [0.5, 0.6) is 0 Å². The Kier molecular flexibility index (Phi) is 46.8. The Hall–Kier alpha value is -1.74. The fraction of sp³-hybridized carbons (Fsp3) is 0.837. The summed E-state index contributed by atoms with van der Waals surface area (Å²) in [7, 11) is 13.0. The van der Waals surface area contributed by atoms with E-state index in [1.54, 1.807) is 12.2 Å². The van der Waals surface area contributed by atoms with E-state index in [0.29, 0.717) is 37.4 Å². The van der Waals surface area contributed by atoms with Crippen LogP contribution in [-0.4, -0.2) is 101 Å². The van der Waals surface area contributed by atoms with E-state index in [1.165, 1.54) is 64.2 Å². The van der Waals surface area contributed by atoms with E-state index >= 15 is 0 Å². The highest BCUT2D eigenvalue weighted by atomic mass is 35.5. The first-order valence-electron chi connectivity index (χ1n) is 23.0. The van der Waals surface area contributed by atoms with Gasteiger partial charge in [-0.1, -0.05) is 138 Å². The number of carbonyl (C=O) groups excluding carboxylic acids is 4. The predicted octanol–water partition coefficient (Wildman–Crippen LogP) is 4.75. The standard InChI is InChI=1S/C24H48N2O2.C19H35NO2.C6H14N.2ClH/c1-20(2)13-11-9-8-10-12-17-25-24(28)15-14-22(16-18-26(5,6)7)19-23(27)21(3)4;1-16(2)12-8-6-5-7-11-15-20-19(22)14-10-9-13-18(21)17(3)4;1-5-6-7(2,3)4;;/h20-22H,8-19H2,1-7H3;9-10,16-17H,5-8,11-15H2,1-4H3,(H,20,22);5H,1,6H2,2-4H3;2*1H/q;;+1;;/p-1/b;10-9+;;;. The number of nitrogens with one attached hydrogen (secondary N) is 2. The van der Waals surface area contributed by atoms with Gasteiger partial charge < -0.3 is 44.4 Å². The van der Waals surface area contributed by atoms with Crippen LogP contribution < -0.4 is 35.4 Å². The number of carbonyl (C=O) groups is 4. The molecule has 0 bridgehead atoms. The summed E-state index contributed by atoms with van der Waals surface area (Å²) in [6.45, 7) is 24.1. The van der Waals surface area contributed by atoms with Crippen LogP contribution in [0.25, 0.3) is 0 Å². The number of hydrogen-bond donors (Lipinski definition) is 2. The first kappa shape index (κ1) is 66.4. The first-order valence-corrected chi connectivity index (χ1v) is 23.0. The van der Waals surface area contributed by atoms with Crippen molar-refractivity contribution in [2.24, 2.45) is 29.6 Å². The molecule has 0 aromatic heterocycles. The molecule has 0 aliphatic carbocycles. The van der Waals surface area contributed by atoms with Crippen molar-refractivity contribution in [1.29, 1.82) is 0 Å². The summed E-state index contributed by atoms with van der Waals surface area (Å²) in [5, 5.41) is 6.00. The molecule has 0 aliphatic rings. The lowest BCUT2D eigenvalue weighted by Gasteiger charge is -2.26. The van der Waals surface area contributed by atoms with Crippen LogP contribution in [0.4, 0.5) is 0 Å². The molecule has 0 rings (SSSR count). The molecule has 0 aromatic carbocycles. The molecule has 1 unspecified atom stereocenters. The van der Waals surface area contributed by atoms with Gasteiger partial charge in [-0.2, -0.15) is 0 Å². The molecular weight excluding hydrogens is 779 g/mol. The number of amides is 2. The summed E-state index contributed by atoms with van der Waals surface area (Å²) in [6.07, 6.45) is 24.3. The maximum absolute atomic E-state index is 12.2. The number of nitrogens with zero attached hydrogens (tertiary/aromatic N) is 2.